The van der Waals surface area contributed by atoms with E-state index in [0.29, 0.717) is 0 Å². The molecule has 1 unspecified atom stereocenters. The highest BCUT2D eigenvalue weighted by Gasteiger charge is 2.43. The summed E-state index contributed by atoms with van der Waals surface area (Å²) in [6.07, 6.45) is -0.393. The lowest BCUT2D eigenvalue weighted by molar-refractivity contribution is 0.440. The lowest BCUT2D eigenvalue weighted by Gasteiger charge is -2.05. The number of nitrogens with zero attached hydrogens (tertiary/aromatic N) is 1. The third-order valence-corrected chi connectivity index (χ3v) is 2.28. The molecule has 0 saturated heterocycles. The average Bonchev–Trinajstić information content (AvgIpc) is 1.64. The van der Waals surface area contributed by atoms with Crippen molar-refractivity contribution in [1.29, 1.82) is 5.26 Å². The minimum atomic E-state index is -5.50. The van der Waals surface area contributed by atoms with Gasteiger partial charge in [0.15, 0.2) is 0 Å². The fraction of sp³-hybridized carbons (Fsp3) is 0.750. The van der Waals surface area contributed by atoms with Crippen molar-refractivity contribution in [2.24, 2.45) is 0 Å². The summed E-state index contributed by atoms with van der Waals surface area (Å²) in [5, 5.41) is 7.87. The molecule has 0 N–H and O–H groups in total. The summed E-state index contributed by atoms with van der Waals surface area (Å²) in [7, 11) is -5.50. The third kappa shape index (κ3) is 3.14. The Labute approximate surface area is 52.6 Å². The summed E-state index contributed by atoms with van der Waals surface area (Å²) in [5.41, 5.74) is -1.36. The summed E-state index contributed by atoms with van der Waals surface area (Å²) in [4.78, 5) is 0. The van der Waals surface area contributed by atoms with Crippen LogP contribution in [0.1, 0.15) is 13.3 Å². The normalized spacial score (nSPS) is 14.6. The second-order valence-corrected chi connectivity index (χ2v) is 3.87. The van der Waals surface area contributed by atoms with Crippen molar-refractivity contribution in [3.05, 3.63) is 0 Å². The van der Waals surface area contributed by atoms with E-state index in [4.69, 9.17) is 5.26 Å². The molecule has 0 amide bonds. The van der Waals surface area contributed by atoms with Crippen LogP contribution in [0.3, 0.4) is 0 Å². The number of hydrogen-bond donors (Lipinski definition) is 0. The van der Waals surface area contributed by atoms with Gasteiger partial charge in [0.25, 0.3) is 0 Å². The van der Waals surface area contributed by atoms with E-state index in [-0.39, 0.29) is 0 Å². The maximum atomic E-state index is 11.6. The first-order chi connectivity index (χ1) is 3.98. The van der Waals surface area contributed by atoms with Gasteiger partial charge >= 0.3 is 9.08 Å². The lowest BCUT2D eigenvalue weighted by atomic mass is 10.4. The summed E-state index contributed by atoms with van der Waals surface area (Å²) in [6.45, 7) is 1.05. The van der Waals surface area contributed by atoms with Crippen LogP contribution in [0, 0.1) is 11.3 Å². The maximum absolute atomic E-state index is 11.6. The fourth-order valence-electron chi connectivity index (χ4n) is 0.253. The van der Waals surface area contributed by atoms with E-state index in [1.165, 1.54) is 6.07 Å². The summed E-state index contributed by atoms with van der Waals surface area (Å²) < 4.78 is 34.9. The van der Waals surface area contributed by atoms with Gasteiger partial charge in [0.2, 0.25) is 0 Å². The summed E-state index contributed by atoms with van der Waals surface area (Å²) in [5.74, 6) is 0. The topological polar surface area (TPSA) is 23.8 Å². The van der Waals surface area contributed by atoms with Gasteiger partial charge in [-0.3, -0.25) is 0 Å². The molecule has 0 aliphatic heterocycles. The zero-order valence-corrected chi connectivity index (χ0v) is 5.87. The van der Waals surface area contributed by atoms with E-state index in [0.717, 1.165) is 6.92 Å². The molecule has 0 aromatic heterocycles. The highest BCUT2D eigenvalue weighted by Crippen LogP contribution is 2.27. The molecule has 0 rings (SSSR count). The smallest absolute Gasteiger partial charge is 0.237 e. The van der Waals surface area contributed by atoms with Gasteiger partial charge in [-0.2, -0.15) is 5.26 Å². The fourth-order valence-corrected chi connectivity index (χ4v) is 0.575. The second kappa shape index (κ2) is 2.87. The average molecular weight is 153 g/mol. The Kier molecular flexibility index (Phi) is 2.71. The van der Waals surface area contributed by atoms with Crippen molar-refractivity contribution in [3.63, 3.8) is 0 Å². The first-order valence-corrected chi connectivity index (χ1v) is 4.13. The molecule has 0 spiro atoms. The van der Waals surface area contributed by atoms with Gasteiger partial charge in [-0.25, -0.2) is 12.3 Å². The van der Waals surface area contributed by atoms with Crippen molar-refractivity contribution >= 4 is 9.08 Å². The van der Waals surface area contributed by atoms with Crippen molar-refractivity contribution in [2.75, 3.05) is 0 Å². The number of halogens is 3. The Balaban J connectivity index is 3.76. The molecule has 5 heteroatoms. The maximum Gasteiger partial charge on any atom is 0.620 e. The Hall–Kier alpha value is -0.503. The van der Waals surface area contributed by atoms with Gasteiger partial charge < -0.3 is 0 Å². The SMILES string of the molecule is CC(CC#N)[Si](F)(F)F. The molecule has 1 atom stereocenters. The molecule has 0 radical (unpaired) electrons. The third-order valence-electron chi connectivity index (χ3n) is 0.956. The molecule has 0 saturated carbocycles. The first-order valence-electron chi connectivity index (χ1n) is 2.42. The van der Waals surface area contributed by atoms with Gasteiger partial charge in [0.05, 0.1) is 11.6 Å². The Morgan fingerprint density at radius 2 is 2.00 bits per heavy atom. The largest absolute Gasteiger partial charge is 0.620 e. The van der Waals surface area contributed by atoms with Crippen LogP contribution in [-0.4, -0.2) is 9.08 Å². The quantitative estimate of drug-likeness (QED) is 0.440. The van der Waals surface area contributed by atoms with Crippen molar-refractivity contribution in [2.45, 2.75) is 18.9 Å². The van der Waals surface area contributed by atoms with Gasteiger partial charge in [-0.1, -0.05) is 6.92 Å². The van der Waals surface area contributed by atoms with Crippen LogP contribution in [0.4, 0.5) is 12.3 Å². The summed E-state index contributed by atoms with van der Waals surface area (Å²) in [6, 6.07) is 1.49. The van der Waals surface area contributed by atoms with E-state index in [1.54, 1.807) is 0 Å². The Bertz CT molecular complexity index is 125. The zero-order chi connectivity index (χ0) is 7.49. The predicted octanol–water partition coefficient (Wildman–Crippen LogP) is 2.14. The highest BCUT2D eigenvalue weighted by atomic mass is 28.5. The monoisotopic (exact) mass is 153 g/mol. The first kappa shape index (κ1) is 8.50. The molecule has 0 aliphatic carbocycles. The Morgan fingerprint density at radius 3 is 2.11 bits per heavy atom. The molecule has 0 aliphatic rings. The predicted molar refractivity (Wildman–Crippen MR) is 28.7 cm³/mol. The minimum Gasteiger partial charge on any atom is -0.237 e. The van der Waals surface area contributed by atoms with Crippen LogP contribution in [0.25, 0.3) is 0 Å². The van der Waals surface area contributed by atoms with E-state index in [2.05, 4.69) is 0 Å². The lowest BCUT2D eigenvalue weighted by Crippen LogP contribution is -2.21. The number of rotatable bonds is 2. The molecule has 52 valence electrons. The molecule has 1 nitrogen and oxygen atoms in total. The van der Waals surface area contributed by atoms with E-state index in [9.17, 15) is 12.3 Å². The number of nitriles is 1. The van der Waals surface area contributed by atoms with E-state index in [1.807, 2.05) is 0 Å². The minimum absolute atomic E-state index is 0.393. The highest BCUT2D eigenvalue weighted by molar-refractivity contribution is 6.60. The van der Waals surface area contributed by atoms with Crippen LogP contribution in [-0.2, 0) is 0 Å². The standard InChI is InChI=1S/C4H6F3NSi/c1-4(2-3-8)9(5,6)7/h4H,2H2,1H3. The molecular weight excluding hydrogens is 147 g/mol. The van der Waals surface area contributed by atoms with E-state index >= 15 is 0 Å². The van der Waals surface area contributed by atoms with Crippen LogP contribution in [0.15, 0.2) is 0 Å². The molecule has 0 fully saturated rings. The van der Waals surface area contributed by atoms with E-state index < -0.39 is 21.0 Å². The molecule has 0 bridgehead atoms. The molecule has 0 heterocycles. The van der Waals surface area contributed by atoms with Crippen molar-refractivity contribution < 1.29 is 12.3 Å². The molecule has 0 aromatic rings. The van der Waals surface area contributed by atoms with Crippen LogP contribution in [0.5, 0.6) is 0 Å². The number of hydrogen-bond acceptors (Lipinski definition) is 1. The van der Waals surface area contributed by atoms with Crippen LogP contribution >= 0.6 is 0 Å². The van der Waals surface area contributed by atoms with Gasteiger partial charge in [-0.15, -0.1) is 0 Å². The molecule has 9 heavy (non-hydrogen) atoms. The molecule has 0 aromatic carbocycles. The van der Waals surface area contributed by atoms with Gasteiger partial charge in [0, 0.05) is 6.42 Å². The van der Waals surface area contributed by atoms with Crippen LogP contribution in [0.2, 0.25) is 5.54 Å². The zero-order valence-electron chi connectivity index (χ0n) is 4.87. The second-order valence-electron chi connectivity index (χ2n) is 1.80. The Morgan fingerprint density at radius 1 is 1.56 bits per heavy atom. The van der Waals surface area contributed by atoms with Gasteiger partial charge in [0.1, 0.15) is 0 Å². The molecular formula is C4H6F3NSi. The van der Waals surface area contributed by atoms with Crippen molar-refractivity contribution in [3.8, 4) is 6.07 Å². The summed E-state index contributed by atoms with van der Waals surface area (Å²) >= 11 is 0. The van der Waals surface area contributed by atoms with Crippen molar-refractivity contribution in [1.82, 2.24) is 0 Å². The van der Waals surface area contributed by atoms with Gasteiger partial charge in [-0.05, 0) is 0 Å². The van der Waals surface area contributed by atoms with Crippen LogP contribution < -0.4 is 0 Å².